The van der Waals surface area contributed by atoms with E-state index in [1.807, 2.05) is 6.92 Å². The Balaban J connectivity index is 5.03. The predicted octanol–water partition coefficient (Wildman–Crippen LogP) is 3.01. The van der Waals surface area contributed by atoms with Gasteiger partial charge in [0.2, 0.25) is 5.17 Å². The average molecular weight is 300 g/mol. The van der Waals surface area contributed by atoms with Crippen LogP contribution >= 0.6 is 11.8 Å². The van der Waals surface area contributed by atoms with Crippen molar-refractivity contribution in [3.8, 4) is 0 Å². The molecular weight excluding hydrogens is 280 g/mol. The number of oxime groups is 2. The third-order valence-electron chi connectivity index (χ3n) is 2.31. The van der Waals surface area contributed by atoms with E-state index in [2.05, 4.69) is 30.7 Å². The second-order valence-electron chi connectivity index (χ2n) is 3.82. The Morgan fingerprint density at radius 2 is 1.70 bits per heavy atom. The smallest absolute Gasteiger partial charge is 0.229 e. The fraction of sp³-hybridized carbons (Fsp3) is 0.636. The van der Waals surface area contributed by atoms with Gasteiger partial charge in [-0.3, -0.25) is 0 Å². The minimum atomic E-state index is -0.339. The largest absolute Gasteiger partial charge is 0.411 e. The Kier molecular flexibility index (Phi) is 9.18. The lowest BCUT2D eigenvalue weighted by Crippen LogP contribution is -2.10. The van der Waals surface area contributed by atoms with Gasteiger partial charge in [-0.25, -0.2) is 0 Å². The minimum absolute atomic E-state index is 0.339. The van der Waals surface area contributed by atoms with Crippen LogP contribution in [-0.4, -0.2) is 44.5 Å². The van der Waals surface area contributed by atoms with Gasteiger partial charge in [-0.2, -0.15) is 10.2 Å². The van der Waals surface area contributed by atoms with E-state index in [1.54, 1.807) is 27.7 Å². The zero-order chi connectivity index (χ0) is 15.5. The highest BCUT2D eigenvalue weighted by Gasteiger charge is 2.05. The highest BCUT2D eigenvalue weighted by molar-refractivity contribution is 8.13. The lowest BCUT2D eigenvalue weighted by Gasteiger charge is -2.01. The summed E-state index contributed by atoms with van der Waals surface area (Å²) in [6.07, 6.45) is 0. The molecule has 0 spiro atoms. The van der Waals surface area contributed by atoms with Crippen LogP contribution in [0.5, 0.6) is 0 Å². The molecule has 0 aliphatic heterocycles. The summed E-state index contributed by atoms with van der Waals surface area (Å²) < 4.78 is 0. The SMILES string of the molecule is CCS\C(N=NC(C)/C(C)=N/O)=N/N=C(C)/C(C)=N/O. The fourth-order valence-corrected chi connectivity index (χ4v) is 1.23. The summed E-state index contributed by atoms with van der Waals surface area (Å²) in [5, 5.41) is 39.6. The Labute approximate surface area is 122 Å². The summed E-state index contributed by atoms with van der Waals surface area (Å²) in [5.74, 6) is 0.765. The number of azo groups is 1. The lowest BCUT2D eigenvalue weighted by atomic mass is 10.2. The van der Waals surface area contributed by atoms with E-state index < -0.39 is 0 Å². The average Bonchev–Trinajstić information content (AvgIpc) is 2.47. The molecule has 0 aromatic rings. The maximum atomic E-state index is 8.63. The number of hydrogen-bond acceptors (Lipinski definition) is 8. The molecule has 0 aliphatic carbocycles. The van der Waals surface area contributed by atoms with Gasteiger partial charge in [0.05, 0.1) is 17.1 Å². The Morgan fingerprint density at radius 1 is 1.05 bits per heavy atom. The number of rotatable bonds is 5. The first-order valence-corrected chi connectivity index (χ1v) is 6.98. The van der Waals surface area contributed by atoms with Crippen molar-refractivity contribution < 1.29 is 10.4 Å². The van der Waals surface area contributed by atoms with E-state index in [9.17, 15) is 0 Å². The normalized spacial score (nSPS) is 16.9. The van der Waals surface area contributed by atoms with Crippen LogP contribution in [-0.2, 0) is 0 Å². The summed E-state index contributed by atoms with van der Waals surface area (Å²) in [4.78, 5) is 0. The molecule has 112 valence electrons. The maximum absolute atomic E-state index is 8.63. The monoisotopic (exact) mass is 300 g/mol. The van der Waals surface area contributed by atoms with Crippen molar-refractivity contribution >= 4 is 34.1 Å². The first kappa shape index (κ1) is 18.2. The molecule has 1 unspecified atom stereocenters. The Bertz CT molecular complexity index is 456. The molecule has 0 saturated carbocycles. The van der Waals surface area contributed by atoms with E-state index in [4.69, 9.17) is 10.4 Å². The third kappa shape index (κ3) is 6.98. The topological polar surface area (TPSA) is 115 Å². The van der Waals surface area contributed by atoms with Gasteiger partial charge in [0.15, 0.2) is 0 Å². The molecule has 0 aromatic carbocycles. The van der Waals surface area contributed by atoms with Crippen LogP contribution in [0.2, 0.25) is 0 Å². The lowest BCUT2D eigenvalue weighted by molar-refractivity contribution is 0.316. The van der Waals surface area contributed by atoms with Gasteiger partial charge in [0.25, 0.3) is 0 Å². The van der Waals surface area contributed by atoms with Crippen LogP contribution in [0, 0.1) is 0 Å². The van der Waals surface area contributed by atoms with Crippen LogP contribution < -0.4 is 0 Å². The molecule has 20 heavy (non-hydrogen) atoms. The number of thioether (sulfide) groups is 1. The molecular formula is C11H20N6O2S. The summed E-state index contributed by atoms with van der Waals surface area (Å²) in [6.45, 7) is 8.65. The van der Waals surface area contributed by atoms with Gasteiger partial charge in [0.1, 0.15) is 6.04 Å². The van der Waals surface area contributed by atoms with Crippen molar-refractivity contribution in [3.05, 3.63) is 0 Å². The minimum Gasteiger partial charge on any atom is -0.411 e. The van der Waals surface area contributed by atoms with Crippen LogP contribution in [0.15, 0.2) is 30.7 Å². The van der Waals surface area contributed by atoms with Crippen LogP contribution in [0.4, 0.5) is 0 Å². The molecule has 0 rings (SSSR count). The van der Waals surface area contributed by atoms with Crippen molar-refractivity contribution in [2.24, 2.45) is 30.7 Å². The number of amidine groups is 1. The summed E-state index contributed by atoms with van der Waals surface area (Å²) >= 11 is 1.38. The maximum Gasteiger partial charge on any atom is 0.229 e. The van der Waals surface area contributed by atoms with E-state index in [1.165, 1.54) is 11.8 Å². The Morgan fingerprint density at radius 3 is 2.20 bits per heavy atom. The molecule has 8 nitrogen and oxygen atoms in total. The zero-order valence-electron chi connectivity index (χ0n) is 12.3. The molecule has 0 aliphatic rings. The molecule has 9 heteroatoms. The van der Waals surface area contributed by atoms with Crippen LogP contribution in [0.1, 0.15) is 34.6 Å². The second-order valence-corrected chi connectivity index (χ2v) is 5.05. The summed E-state index contributed by atoms with van der Waals surface area (Å²) in [7, 11) is 0. The molecule has 0 bridgehead atoms. The van der Waals surface area contributed by atoms with E-state index >= 15 is 0 Å². The van der Waals surface area contributed by atoms with Crippen molar-refractivity contribution in [2.45, 2.75) is 40.7 Å². The highest BCUT2D eigenvalue weighted by Crippen LogP contribution is 2.07. The third-order valence-corrected chi connectivity index (χ3v) is 3.02. The first-order valence-electron chi connectivity index (χ1n) is 5.99. The van der Waals surface area contributed by atoms with Gasteiger partial charge >= 0.3 is 0 Å². The van der Waals surface area contributed by atoms with E-state index in [-0.39, 0.29) is 6.04 Å². The first-order chi connectivity index (χ1) is 9.46. The quantitative estimate of drug-likeness (QED) is 0.267. The van der Waals surface area contributed by atoms with Gasteiger partial charge in [-0.1, -0.05) is 29.0 Å². The number of hydrogen-bond donors (Lipinski definition) is 2. The molecule has 0 heterocycles. The molecule has 0 aromatic heterocycles. The van der Waals surface area contributed by atoms with Gasteiger partial charge in [0, 0.05) is 0 Å². The zero-order valence-corrected chi connectivity index (χ0v) is 13.1. The molecule has 0 saturated heterocycles. The van der Waals surface area contributed by atoms with Gasteiger partial charge in [-0.05, 0) is 33.4 Å². The molecule has 0 radical (unpaired) electrons. The van der Waals surface area contributed by atoms with Crippen LogP contribution in [0.25, 0.3) is 0 Å². The van der Waals surface area contributed by atoms with Crippen molar-refractivity contribution in [3.63, 3.8) is 0 Å². The molecule has 0 amide bonds. The van der Waals surface area contributed by atoms with Crippen molar-refractivity contribution in [1.29, 1.82) is 0 Å². The molecule has 1 atom stereocenters. The van der Waals surface area contributed by atoms with Crippen LogP contribution in [0.3, 0.4) is 0 Å². The van der Waals surface area contributed by atoms with Crippen molar-refractivity contribution in [1.82, 2.24) is 0 Å². The van der Waals surface area contributed by atoms with Gasteiger partial charge in [-0.15, -0.1) is 10.2 Å². The van der Waals surface area contributed by atoms with E-state index in [0.717, 1.165) is 5.75 Å². The highest BCUT2D eigenvalue weighted by atomic mass is 32.2. The summed E-state index contributed by atoms with van der Waals surface area (Å²) in [5.41, 5.74) is 1.32. The second kappa shape index (κ2) is 10.1. The Hall–Kier alpha value is -1.77. The van der Waals surface area contributed by atoms with E-state index in [0.29, 0.717) is 22.3 Å². The molecule has 2 N–H and O–H groups in total. The number of nitrogens with zero attached hydrogens (tertiary/aromatic N) is 6. The standard InChI is InChI=1S/C11H20N6O2S/c1-6-20-11(14-12-7(2)9(4)16-18)15-13-8(3)10(5)17-19/h7,18-19H,6H2,1-5H3/b13-8+,14-12?,15-11-,16-9+,17-10+. The summed E-state index contributed by atoms with van der Waals surface area (Å²) in [6, 6.07) is -0.339. The molecule has 0 fully saturated rings. The predicted molar refractivity (Wildman–Crippen MR) is 82.8 cm³/mol. The fourth-order valence-electron chi connectivity index (χ4n) is 0.772. The van der Waals surface area contributed by atoms with Gasteiger partial charge < -0.3 is 10.4 Å². The van der Waals surface area contributed by atoms with Crippen molar-refractivity contribution in [2.75, 3.05) is 5.75 Å².